The molecule has 0 aliphatic carbocycles. The summed E-state index contributed by atoms with van der Waals surface area (Å²) in [6.07, 6.45) is 0. The van der Waals surface area contributed by atoms with Gasteiger partial charge in [-0.3, -0.25) is 0 Å². The second-order valence-electron chi connectivity index (χ2n) is 12.3. The third-order valence-electron chi connectivity index (χ3n) is 9.27. The fourth-order valence-corrected chi connectivity index (χ4v) is 6.84. The molecule has 0 radical (unpaired) electrons. The number of rotatable bonds is 7. The minimum absolute atomic E-state index is 0.0819. The minimum atomic E-state index is -0.107. The van der Waals surface area contributed by atoms with Crippen molar-refractivity contribution in [2.45, 2.75) is 0 Å². The maximum Gasteiger partial charge on any atom is 0.0645 e. The quantitative estimate of drug-likeness (QED) is 0.168. The predicted molar refractivity (Wildman–Crippen MR) is 212 cm³/mol. The van der Waals surface area contributed by atoms with Crippen molar-refractivity contribution in [1.82, 2.24) is 4.57 Å². The van der Waals surface area contributed by atoms with E-state index in [2.05, 4.69) is 102 Å². The summed E-state index contributed by atoms with van der Waals surface area (Å²) >= 11 is 0. The second kappa shape index (κ2) is 12.8. The average molecular weight is 643 g/mol. The number of hydrogen-bond donors (Lipinski definition) is 0. The van der Waals surface area contributed by atoms with Crippen molar-refractivity contribution in [1.29, 1.82) is 0 Å². The molecule has 0 N–H and O–H groups in total. The predicted octanol–water partition coefficient (Wildman–Crippen LogP) is 13.3. The SMILES string of the molecule is [2H]c1c([2H])c(N(c2ccc(-c3ccccc3)cc2)c2ccc(-c3cccc(-n4c5ccccc5c5ccccc54)c3)cc2)c([2H])c([2H])c1-c1ccccc1. The highest BCUT2D eigenvalue weighted by Gasteiger charge is 2.15. The fourth-order valence-electron chi connectivity index (χ4n) is 6.84. The summed E-state index contributed by atoms with van der Waals surface area (Å²) in [5.41, 5.74) is 10.1. The van der Waals surface area contributed by atoms with E-state index in [1.165, 1.54) is 10.8 Å². The molecular weight excluding hydrogens is 605 g/mol. The maximum atomic E-state index is 9.28. The van der Waals surface area contributed by atoms with Crippen LogP contribution in [0.2, 0.25) is 0 Å². The van der Waals surface area contributed by atoms with Crippen molar-refractivity contribution in [2.75, 3.05) is 4.90 Å². The molecule has 236 valence electrons. The fraction of sp³-hybridized carbons (Fsp3) is 0. The second-order valence-corrected chi connectivity index (χ2v) is 12.3. The molecular formula is C48H34N2. The number of fused-ring (bicyclic) bond motifs is 3. The molecule has 2 heteroatoms. The zero-order valence-electron chi connectivity index (χ0n) is 31.2. The Balaban J connectivity index is 1.15. The molecule has 0 spiro atoms. The first-order chi connectivity index (χ1) is 26.5. The van der Waals surface area contributed by atoms with Crippen LogP contribution in [0.4, 0.5) is 17.1 Å². The van der Waals surface area contributed by atoms with Crippen LogP contribution in [0.15, 0.2) is 206 Å². The van der Waals surface area contributed by atoms with Gasteiger partial charge in [-0.2, -0.15) is 0 Å². The van der Waals surface area contributed by atoms with E-state index < -0.39 is 0 Å². The Labute approximate surface area is 298 Å². The summed E-state index contributed by atoms with van der Waals surface area (Å²) in [7, 11) is 0. The summed E-state index contributed by atoms with van der Waals surface area (Å²) in [4.78, 5) is 1.84. The van der Waals surface area contributed by atoms with E-state index in [9.17, 15) is 2.74 Å². The number of aromatic nitrogens is 1. The first kappa shape index (κ1) is 25.4. The third kappa shape index (κ3) is 5.43. The topological polar surface area (TPSA) is 8.17 Å². The van der Waals surface area contributed by atoms with E-state index in [1.807, 2.05) is 89.8 Å². The Bertz CT molecular complexity index is 2710. The number of hydrogen-bond acceptors (Lipinski definition) is 1. The van der Waals surface area contributed by atoms with Gasteiger partial charge in [0, 0.05) is 33.5 Å². The van der Waals surface area contributed by atoms with Gasteiger partial charge in [-0.15, -0.1) is 0 Å². The lowest BCUT2D eigenvalue weighted by atomic mass is 10.0. The number of anilines is 3. The normalized spacial score (nSPS) is 12.3. The lowest BCUT2D eigenvalue weighted by Gasteiger charge is -2.26. The lowest BCUT2D eigenvalue weighted by Crippen LogP contribution is -2.09. The highest BCUT2D eigenvalue weighted by atomic mass is 15.1. The van der Waals surface area contributed by atoms with Gasteiger partial charge in [-0.25, -0.2) is 0 Å². The number of nitrogens with zero attached hydrogens (tertiary/aromatic N) is 2. The van der Waals surface area contributed by atoms with Crippen molar-refractivity contribution >= 4 is 38.9 Å². The van der Waals surface area contributed by atoms with Crippen LogP contribution in [0.1, 0.15) is 5.48 Å². The van der Waals surface area contributed by atoms with Gasteiger partial charge in [0.15, 0.2) is 0 Å². The Hall–Kier alpha value is -6.64. The molecule has 1 aromatic heterocycles. The molecule has 0 unspecified atom stereocenters. The molecule has 0 atom stereocenters. The molecule has 0 aliphatic rings. The standard InChI is InChI=1S/C48H34N2/c1-3-12-35(13-4-1)37-22-28-41(29-23-37)49(42-30-24-38(25-31-42)36-14-5-2-6-15-36)43-32-26-39(27-33-43)40-16-11-17-44(34-40)50-47-20-9-7-18-45(47)46-19-8-10-21-48(46)50/h1-34H/i22D,23D,28D,29D. The molecule has 8 aromatic carbocycles. The Kier molecular flexibility index (Phi) is 6.48. The van der Waals surface area contributed by atoms with Gasteiger partial charge < -0.3 is 9.47 Å². The van der Waals surface area contributed by atoms with E-state index in [0.29, 0.717) is 5.56 Å². The Morgan fingerprint density at radius 3 is 1.34 bits per heavy atom. The van der Waals surface area contributed by atoms with Gasteiger partial charge in [0.2, 0.25) is 0 Å². The van der Waals surface area contributed by atoms with Gasteiger partial charge in [-0.05, 0) is 94.0 Å². The molecule has 1 heterocycles. The zero-order chi connectivity index (χ0) is 36.8. The zero-order valence-corrected chi connectivity index (χ0v) is 27.2. The van der Waals surface area contributed by atoms with Crippen LogP contribution >= 0.6 is 0 Å². The number of benzene rings is 8. The molecule has 0 amide bonds. The van der Waals surface area contributed by atoms with Gasteiger partial charge in [0.25, 0.3) is 0 Å². The summed E-state index contributed by atoms with van der Waals surface area (Å²) in [6, 6.07) is 60.6. The van der Waals surface area contributed by atoms with Crippen LogP contribution in [0.5, 0.6) is 0 Å². The Morgan fingerprint density at radius 2 is 0.780 bits per heavy atom. The molecule has 50 heavy (non-hydrogen) atoms. The summed E-state index contributed by atoms with van der Waals surface area (Å²) in [5.74, 6) is 0. The van der Waals surface area contributed by atoms with Crippen molar-refractivity contribution in [3.63, 3.8) is 0 Å². The van der Waals surface area contributed by atoms with Crippen LogP contribution in [-0.2, 0) is 0 Å². The van der Waals surface area contributed by atoms with Gasteiger partial charge in [-0.1, -0.05) is 146 Å². The molecule has 9 aromatic rings. The summed E-state index contributed by atoms with van der Waals surface area (Å²) in [5, 5.41) is 2.43. The van der Waals surface area contributed by atoms with Crippen LogP contribution in [0.3, 0.4) is 0 Å². The van der Waals surface area contributed by atoms with Crippen LogP contribution in [0.25, 0.3) is 60.9 Å². The van der Waals surface area contributed by atoms with Crippen molar-refractivity contribution in [2.24, 2.45) is 0 Å². The van der Waals surface area contributed by atoms with E-state index in [1.54, 1.807) is 0 Å². The van der Waals surface area contributed by atoms with Crippen molar-refractivity contribution < 1.29 is 5.48 Å². The third-order valence-corrected chi connectivity index (χ3v) is 9.27. The highest BCUT2D eigenvalue weighted by molar-refractivity contribution is 6.09. The summed E-state index contributed by atoms with van der Waals surface area (Å²) < 4.78 is 39.0. The smallest absolute Gasteiger partial charge is 0.0645 e. The van der Waals surface area contributed by atoms with E-state index >= 15 is 0 Å². The van der Waals surface area contributed by atoms with Crippen LogP contribution < -0.4 is 4.90 Å². The first-order valence-corrected chi connectivity index (χ1v) is 16.8. The highest BCUT2D eigenvalue weighted by Crippen LogP contribution is 2.38. The Morgan fingerprint density at radius 1 is 0.340 bits per heavy atom. The van der Waals surface area contributed by atoms with E-state index in [4.69, 9.17) is 2.74 Å². The van der Waals surface area contributed by atoms with E-state index in [-0.39, 0.29) is 35.4 Å². The van der Waals surface area contributed by atoms with Crippen LogP contribution in [-0.4, -0.2) is 4.57 Å². The summed E-state index contributed by atoms with van der Waals surface area (Å²) in [6.45, 7) is 0. The van der Waals surface area contributed by atoms with Gasteiger partial charge in [0.05, 0.1) is 16.5 Å². The van der Waals surface area contributed by atoms with E-state index in [0.717, 1.165) is 50.3 Å². The molecule has 0 saturated carbocycles. The van der Waals surface area contributed by atoms with Crippen molar-refractivity contribution in [3.8, 4) is 39.1 Å². The molecule has 0 saturated heterocycles. The molecule has 2 nitrogen and oxygen atoms in total. The molecule has 0 bridgehead atoms. The molecule has 0 fully saturated rings. The minimum Gasteiger partial charge on any atom is -0.311 e. The van der Waals surface area contributed by atoms with Crippen LogP contribution in [0, 0.1) is 0 Å². The molecule has 9 rings (SSSR count). The molecule has 0 aliphatic heterocycles. The average Bonchev–Trinajstić information content (AvgIpc) is 3.57. The van der Waals surface area contributed by atoms with Crippen molar-refractivity contribution in [3.05, 3.63) is 206 Å². The first-order valence-electron chi connectivity index (χ1n) is 18.8. The van der Waals surface area contributed by atoms with Gasteiger partial charge in [0.1, 0.15) is 0 Å². The number of para-hydroxylation sites is 2. The largest absolute Gasteiger partial charge is 0.311 e. The monoisotopic (exact) mass is 642 g/mol. The maximum absolute atomic E-state index is 9.28. The lowest BCUT2D eigenvalue weighted by molar-refractivity contribution is 1.18. The van der Waals surface area contributed by atoms with Gasteiger partial charge >= 0.3 is 0 Å².